The van der Waals surface area contributed by atoms with Crippen molar-refractivity contribution in [2.45, 2.75) is 12.7 Å². The first-order chi connectivity index (χ1) is 10.9. The van der Waals surface area contributed by atoms with Gasteiger partial charge in [0, 0.05) is 16.7 Å². The van der Waals surface area contributed by atoms with Gasteiger partial charge in [0.05, 0.1) is 20.0 Å². The Balaban J connectivity index is 1.77. The molecule has 3 heteroatoms. The van der Waals surface area contributed by atoms with Crippen molar-refractivity contribution in [2.24, 2.45) is 0 Å². The SMILES string of the molecule is COc1ccc(-c2occ3c2C(c2ccccc2)OC3)cc1. The summed E-state index contributed by atoms with van der Waals surface area (Å²) in [6, 6.07) is 18.2. The molecule has 0 saturated carbocycles. The van der Waals surface area contributed by atoms with Crippen LogP contribution in [0.25, 0.3) is 11.3 Å². The van der Waals surface area contributed by atoms with Crippen molar-refractivity contribution in [3.63, 3.8) is 0 Å². The van der Waals surface area contributed by atoms with Crippen LogP contribution in [0.5, 0.6) is 5.75 Å². The van der Waals surface area contributed by atoms with Crippen molar-refractivity contribution in [3.05, 3.63) is 77.6 Å². The molecular weight excluding hydrogens is 276 g/mol. The molecule has 2 heterocycles. The Bertz CT molecular complexity index is 772. The van der Waals surface area contributed by atoms with E-state index in [0.29, 0.717) is 6.61 Å². The van der Waals surface area contributed by atoms with E-state index in [2.05, 4.69) is 12.1 Å². The molecule has 0 N–H and O–H groups in total. The molecule has 3 aromatic rings. The van der Waals surface area contributed by atoms with Crippen LogP contribution in [-0.2, 0) is 11.3 Å². The topological polar surface area (TPSA) is 31.6 Å². The first-order valence-corrected chi connectivity index (χ1v) is 7.28. The van der Waals surface area contributed by atoms with Gasteiger partial charge in [-0.2, -0.15) is 0 Å². The maximum absolute atomic E-state index is 5.97. The van der Waals surface area contributed by atoms with E-state index in [1.807, 2.05) is 42.5 Å². The standard InChI is InChI=1S/C19H16O3/c1-20-16-9-7-14(8-10-16)19-17-15(12-22-19)11-21-18(17)13-5-3-2-4-6-13/h2-10,12,18H,11H2,1H3. The van der Waals surface area contributed by atoms with Crippen molar-refractivity contribution in [3.8, 4) is 17.1 Å². The summed E-state index contributed by atoms with van der Waals surface area (Å²) >= 11 is 0. The highest BCUT2D eigenvalue weighted by Gasteiger charge is 2.31. The lowest BCUT2D eigenvalue weighted by atomic mass is 9.98. The van der Waals surface area contributed by atoms with E-state index >= 15 is 0 Å². The van der Waals surface area contributed by atoms with Gasteiger partial charge in [-0.15, -0.1) is 0 Å². The maximum Gasteiger partial charge on any atom is 0.140 e. The Morgan fingerprint density at radius 2 is 1.77 bits per heavy atom. The molecule has 1 unspecified atom stereocenters. The lowest BCUT2D eigenvalue weighted by molar-refractivity contribution is 0.0918. The first kappa shape index (κ1) is 13.2. The largest absolute Gasteiger partial charge is 0.497 e. The lowest BCUT2D eigenvalue weighted by Gasteiger charge is -2.12. The van der Waals surface area contributed by atoms with Gasteiger partial charge in [-0.25, -0.2) is 0 Å². The third-order valence-electron chi connectivity index (χ3n) is 4.03. The molecule has 2 aromatic carbocycles. The van der Waals surface area contributed by atoms with Gasteiger partial charge in [0.1, 0.15) is 17.6 Å². The Hall–Kier alpha value is -2.52. The summed E-state index contributed by atoms with van der Waals surface area (Å²) in [4.78, 5) is 0. The highest BCUT2D eigenvalue weighted by molar-refractivity contribution is 5.66. The molecule has 4 rings (SSSR count). The van der Waals surface area contributed by atoms with Gasteiger partial charge in [-0.05, 0) is 29.8 Å². The normalized spacial score (nSPS) is 16.5. The van der Waals surface area contributed by atoms with Gasteiger partial charge in [0.15, 0.2) is 0 Å². The van der Waals surface area contributed by atoms with Crippen LogP contribution in [0.2, 0.25) is 0 Å². The second kappa shape index (κ2) is 5.35. The third-order valence-corrected chi connectivity index (χ3v) is 4.03. The lowest BCUT2D eigenvalue weighted by Crippen LogP contribution is -1.99. The molecule has 1 aromatic heterocycles. The van der Waals surface area contributed by atoms with Gasteiger partial charge in [0.2, 0.25) is 0 Å². The number of hydrogen-bond acceptors (Lipinski definition) is 3. The van der Waals surface area contributed by atoms with Crippen molar-refractivity contribution in [1.29, 1.82) is 0 Å². The zero-order chi connectivity index (χ0) is 14.9. The molecule has 0 fully saturated rings. The summed E-state index contributed by atoms with van der Waals surface area (Å²) in [6.45, 7) is 0.592. The average molecular weight is 292 g/mol. The van der Waals surface area contributed by atoms with E-state index < -0.39 is 0 Å². The summed E-state index contributed by atoms with van der Waals surface area (Å²) < 4.78 is 17.0. The summed E-state index contributed by atoms with van der Waals surface area (Å²) in [6.07, 6.45) is 1.74. The van der Waals surface area contributed by atoms with Crippen LogP contribution in [0.1, 0.15) is 22.8 Å². The van der Waals surface area contributed by atoms with E-state index in [1.54, 1.807) is 13.4 Å². The fraction of sp³-hybridized carbons (Fsp3) is 0.158. The number of fused-ring (bicyclic) bond motifs is 1. The Morgan fingerprint density at radius 3 is 2.50 bits per heavy atom. The Labute approximate surface area is 129 Å². The van der Waals surface area contributed by atoms with Crippen LogP contribution in [0, 0.1) is 0 Å². The summed E-state index contributed by atoms with van der Waals surface area (Å²) in [5, 5.41) is 0. The van der Waals surface area contributed by atoms with E-state index in [-0.39, 0.29) is 6.10 Å². The third kappa shape index (κ3) is 2.11. The van der Waals surface area contributed by atoms with E-state index in [4.69, 9.17) is 13.9 Å². The van der Waals surface area contributed by atoms with E-state index in [0.717, 1.165) is 33.8 Å². The zero-order valence-corrected chi connectivity index (χ0v) is 12.3. The molecule has 0 aliphatic carbocycles. The minimum atomic E-state index is -0.0629. The quantitative estimate of drug-likeness (QED) is 0.708. The smallest absolute Gasteiger partial charge is 0.140 e. The Morgan fingerprint density at radius 1 is 1.00 bits per heavy atom. The predicted octanol–water partition coefficient (Wildman–Crippen LogP) is 4.57. The molecule has 3 nitrogen and oxygen atoms in total. The van der Waals surface area contributed by atoms with Gasteiger partial charge >= 0.3 is 0 Å². The predicted molar refractivity (Wildman–Crippen MR) is 83.8 cm³/mol. The monoisotopic (exact) mass is 292 g/mol. The van der Waals surface area contributed by atoms with Crippen LogP contribution in [0.15, 0.2) is 65.3 Å². The van der Waals surface area contributed by atoms with Crippen molar-refractivity contribution in [2.75, 3.05) is 7.11 Å². The number of benzene rings is 2. The van der Waals surface area contributed by atoms with Crippen molar-refractivity contribution in [1.82, 2.24) is 0 Å². The molecule has 0 amide bonds. The maximum atomic E-state index is 5.97. The molecule has 0 spiro atoms. The second-order valence-corrected chi connectivity index (χ2v) is 5.33. The molecule has 22 heavy (non-hydrogen) atoms. The first-order valence-electron chi connectivity index (χ1n) is 7.28. The molecule has 0 saturated heterocycles. The van der Waals surface area contributed by atoms with Gasteiger partial charge in [-0.3, -0.25) is 0 Å². The van der Waals surface area contributed by atoms with E-state index in [1.165, 1.54) is 0 Å². The molecule has 1 aliphatic heterocycles. The summed E-state index contributed by atoms with van der Waals surface area (Å²) in [7, 11) is 1.67. The fourth-order valence-electron chi connectivity index (χ4n) is 2.92. The van der Waals surface area contributed by atoms with Crippen LogP contribution < -0.4 is 4.74 Å². The van der Waals surface area contributed by atoms with Gasteiger partial charge in [-0.1, -0.05) is 30.3 Å². The number of rotatable bonds is 3. The van der Waals surface area contributed by atoms with E-state index in [9.17, 15) is 0 Å². The van der Waals surface area contributed by atoms with Crippen LogP contribution >= 0.6 is 0 Å². The zero-order valence-electron chi connectivity index (χ0n) is 12.3. The van der Waals surface area contributed by atoms with Crippen molar-refractivity contribution < 1.29 is 13.9 Å². The summed E-state index contributed by atoms with van der Waals surface area (Å²) in [5.41, 5.74) is 4.45. The molecule has 110 valence electrons. The molecule has 1 atom stereocenters. The van der Waals surface area contributed by atoms with Crippen LogP contribution in [-0.4, -0.2) is 7.11 Å². The minimum Gasteiger partial charge on any atom is -0.497 e. The highest BCUT2D eigenvalue weighted by Crippen LogP contribution is 2.43. The molecule has 1 aliphatic rings. The minimum absolute atomic E-state index is 0.0629. The van der Waals surface area contributed by atoms with Crippen LogP contribution in [0.3, 0.4) is 0 Å². The van der Waals surface area contributed by atoms with Gasteiger partial charge < -0.3 is 13.9 Å². The number of methoxy groups -OCH3 is 1. The fourth-order valence-corrected chi connectivity index (χ4v) is 2.92. The summed E-state index contributed by atoms with van der Waals surface area (Å²) in [5.74, 6) is 1.71. The highest BCUT2D eigenvalue weighted by atomic mass is 16.5. The van der Waals surface area contributed by atoms with Gasteiger partial charge in [0.25, 0.3) is 0 Å². The number of ether oxygens (including phenoxy) is 2. The molecule has 0 bridgehead atoms. The molecular formula is C19H16O3. The van der Waals surface area contributed by atoms with Crippen molar-refractivity contribution >= 4 is 0 Å². The van der Waals surface area contributed by atoms with Crippen LogP contribution in [0.4, 0.5) is 0 Å². The molecule has 0 radical (unpaired) electrons. The Kier molecular flexibility index (Phi) is 3.20. The average Bonchev–Trinajstić information content (AvgIpc) is 3.17. The second-order valence-electron chi connectivity index (χ2n) is 5.33. The number of furan rings is 1. The number of hydrogen-bond donors (Lipinski definition) is 0.